The third-order valence-electron chi connectivity index (χ3n) is 5.85. The molecule has 1 aliphatic heterocycles. The van der Waals surface area contributed by atoms with Gasteiger partial charge in [-0.15, -0.1) is 0 Å². The zero-order valence-electron chi connectivity index (χ0n) is 21.6. The second kappa shape index (κ2) is 13.0. The minimum Gasteiger partial charge on any atom is -0.465 e. The molecule has 1 aliphatic rings. The summed E-state index contributed by atoms with van der Waals surface area (Å²) in [5.74, 6) is 0.478. The van der Waals surface area contributed by atoms with Crippen LogP contribution >= 0.6 is 7.52 Å². The summed E-state index contributed by atoms with van der Waals surface area (Å²) in [4.78, 5) is 30.8. The van der Waals surface area contributed by atoms with Crippen molar-refractivity contribution in [1.29, 1.82) is 0 Å². The lowest BCUT2D eigenvalue weighted by Gasteiger charge is -2.31. The molecule has 1 fully saturated rings. The SMILES string of the molecule is CCCONc1nc(N)nc2c1ncn2CCOCP(=O)(Oc1ccccc1)N1CCC[C@H]1C(=O)OCC. The molecule has 2 atom stereocenters. The number of anilines is 2. The van der Waals surface area contributed by atoms with Crippen molar-refractivity contribution in [2.24, 2.45) is 0 Å². The second-order valence-electron chi connectivity index (χ2n) is 8.64. The summed E-state index contributed by atoms with van der Waals surface area (Å²) in [5.41, 5.74) is 9.67. The van der Waals surface area contributed by atoms with Gasteiger partial charge in [0.05, 0.1) is 26.1 Å². The van der Waals surface area contributed by atoms with E-state index in [1.54, 1.807) is 46.8 Å². The number of para-hydroxylation sites is 1. The van der Waals surface area contributed by atoms with Crippen molar-refractivity contribution in [2.45, 2.75) is 45.7 Å². The second-order valence-corrected chi connectivity index (χ2v) is 10.9. The Morgan fingerprint density at radius 1 is 1.21 bits per heavy atom. The van der Waals surface area contributed by atoms with Crippen LogP contribution in [0.5, 0.6) is 5.75 Å². The molecule has 2 aromatic heterocycles. The van der Waals surface area contributed by atoms with Crippen molar-refractivity contribution in [3.8, 4) is 5.75 Å². The number of carbonyl (C=O) groups is 1. The summed E-state index contributed by atoms with van der Waals surface area (Å²) in [7, 11) is -3.60. The van der Waals surface area contributed by atoms with Crippen LogP contribution in [0.2, 0.25) is 0 Å². The smallest absolute Gasteiger partial charge is 0.345 e. The highest BCUT2D eigenvalue weighted by Gasteiger charge is 2.45. The lowest BCUT2D eigenvalue weighted by atomic mass is 10.2. The van der Waals surface area contributed by atoms with Crippen LogP contribution in [-0.4, -0.2) is 68.9 Å². The number of ether oxygens (including phenoxy) is 2. The van der Waals surface area contributed by atoms with Crippen LogP contribution in [0.25, 0.3) is 11.2 Å². The largest absolute Gasteiger partial charge is 0.465 e. The van der Waals surface area contributed by atoms with Crippen molar-refractivity contribution in [1.82, 2.24) is 24.2 Å². The minimum atomic E-state index is -3.60. The van der Waals surface area contributed by atoms with Gasteiger partial charge in [-0.05, 0) is 38.3 Å². The lowest BCUT2D eigenvalue weighted by molar-refractivity contribution is -0.147. The van der Waals surface area contributed by atoms with Crippen molar-refractivity contribution >= 4 is 36.4 Å². The zero-order chi connectivity index (χ0) is 27.0. The van der Waals surface area contributed by atoms with E-state index in [9.17, 15) is 9.36 Å². The first-order valence-corrected chi connectivity index (χ1v) is 14.4. The first-order chi connectivity index (χ1) is 18.4. The minimum absolute atomic E-state index is 0.0718. The Balaban J connectivity index is 1.46. The molecule has 0 saturated carbocycles. The van der Waals surface area contributed by atoms with Gasteiger partial charge >= 0.3 is 13.5 Å². The van der Waals surface area contributed by atoms with Crippen LogP contribution in [0.15, 0.2) is 36.7 Å². The highest BCUT2D eigenvalue weighted by molar-refractivity contribution is 7.56. The molecule has 0 aliphatic carbocycles. The van der Waals surface area contributed by atoms with Gasteiger partial charge in [-0.25, -0.2) is 15.1 Å². The first kappa shape index (κ1) is 27.8. The maximum absolute atomic E-state index is 14.2. The fourth-order valence-electron chi connectivity index (χ4n) is 4.15. The summed E-state index contributed by atoms with van der Waals surface area (Å²) in [5, 5.41) is 0. The molecular formula is C24H34N7O6P. The van der Waals surface area contributed by atoms with Crippen LogP contribution in [0, 0.1) is 0 Å². The molecule has 3 aromatic rings. The monoisotopic (exact) mass is 547 g/mol. The normalized spacial score (nSPS) is 17.4. The topological polar surface area (TPSA) is 156 Å². The molecule has 3 heterocycles. The fraction of sp³-hybridized carbons (Fsp3) is 0.500. The van der Waals surface area contributed by atoms with E-state index >= 15 is 0 Å². The molecular weight excluding hydrogens is 513 g/mol. The van der Waals surface area contributed by atoms with E-state index in [4.69, 9.17) is 24.6 Å². The lowest BCUT2D eigenvalue weighted by Crippen LogP contribution is -2.37. The van der Waals surface area contributed by atoms with Gasteiger partial charge in [0.15, 0.2) is 17.0 Å². The Morgan fingerprint density at radius 3 is 2.79 bits per heavy atom. The molecule has 206 valence electrons. The van der Waals surface area contributed by atoms with Gasteiger partial charge in [0.1, 0.15) is 18.1 Å². The van der Waals surface area contributed by atoms with E-state index in [1.165, 1.54) is 0 Å². The Bertz CT molecular complexity index is 1260. The van der Waals surface area contributed by atoms with E-state index in [1.807, 2.05) is 13.0 Å². The van der Waals surface area contributed by atoms with Crippen LogP contribution < -0.4 is 15.7 Å². The van der Waals surface area contributed by atoms with Gasteiger partial charge < -0.3 is 24.3 Å². The standard InChI is InChI=1S/C24H34N7O6P/c1-3-14-36-29-21-20-22(28-24(25)27-21)30(16-26-20)13-15-34-17-38(33,37-18-9-6-5-7-10-18)31-12-8-11-19(31)23(32)35-4-2/h5-7,9-10,16,19H,3-4,8,11-15,17H2,1-2H3,(H3,25,27,28,29)/t19-,38?/m0/s1. The quantitative estimate of drug-likeness (QED) is 0.131. The number of nitrogens with one attached hydrogen (secondary N) is 1. The average Bonchev–Trinajstić information content (AvgIpc) is 3.56. The third kappa shape index (κ3) is 6.60. The molecule has 1 aromatic carbocycles. The van der Waals surface area contributed by atoms with Crippen molar-refractivity contribution in [3.63, 3.8) is 0 Å². The average molecular weight is 548 g/mol. The fourth-order valence-corrected chi connectivity index (χ4v) is 6.35. The van der Waals surface area contributed by atoms with Crippen molar-refractivity contribution in [3.05, 3.63) is 36.7 Å². The summed E-state index contributed by atoms with van der Waals surface area (Å²) >= 11 is 0. The number of hydrogen-bond acceptors (Lipinski definition) is 11. The number of aromatic nitrogens is 4. The number of nitrogen functional groups attached to an aromatic ring is 1. The predicted octanol–water partition coefficient (Wildman–Crippen LogP) is 3.44. The van der Waals surface area contributed by atoms with Crippen molar-refractivity contribution < 1.29 is 28.2 Å². The van der Waals surface area contributed by atoms with Crippen LogP contribution in [-0.2, 0) is 30.2 Å². The number of esters is 1. The Hall–Kier alpha value is -3.25. The highest BCUT2D eigenvalue weighted by atomic mass is 31.2. The van der Waals surface area contributed by atoms with E-state index in [0.29, 0.717) is 55.3 Å². The molecule has 4 rings (SSSR count). The molecule has 0 bridgehead atoms. The van der Waals surface area contributed by atoms with E-state index in [0.717, 1.165) is 6.42 Å². The first-order valence-electron chi connectivity index (χ1n) is 12.7. The number of nitrogens with two attached hydrogens (primary N) is 1. The molecule has 0 spiro atoms. The number of hydrogen-bond donors (Lipinski definition) is 2. The maximum atomic E-state index is 14.2. The highest BCUT2D eigenvalue weighted by Crippen LogP contribution is 2.54. The molecule has 0 radical (unpaired) electrons. The molecule has 13 nitrogen and oxygen atoms in total. The van der Waals surface area contributed by atoms with Gasteiger partial charge in [-0.3, -0.25) is 14.2 Å². The number of carbonyl (C=O) groups excluding carboxylic acids is 1. The van der Waals surface area contributed by atoms with Crippen LogP contribution in [0.3, 0.4) is 0 Å². The Labute approximate surface area is 221 Å². The van der Waals surface area contributed by atoms with Gasteiger partial charge in [-0.2, -0.15) is 9.97 Å². The Morgan fingerprint density at radius 2 is 2.03 bits per heavy atom. The summed E-state index contributed by atoms with van der Waals surface area (Å²) in [6.07, 6.45) is 3.47. The number of fused-ring (bicyclic) bond motifs is 1. The third-order valence-corrected chi connectivity index (χ3v) is 8.12. The van der Waals surface area contributed by atoms with Crippen LogP contribution in [0.1, 0.15) is 33.1 Å². The van der Waals surface area contributed by atoms with Crippen LogP contribution in [0.4, 0.5) is 11.8 Å². The van der Waals surface area contributed by atoms with Gasteiger partial charge in [0.2, 0.25) is 5.95 Å². The number of imidazole rings is 1. The summed E-state index contributed by atoms with van der Waals surface area (Å²) in [6, 6.07) is 8.22. The van der Waals surface area contributed by atoms with E-state index < -0.39 is 19.5 Å². The molecule has 1 unspecified atom stereocenters. The van der Waals surface area contributed by atoms with Gasteiger partial charge in [-0.1, -0.05) is 25.1 Å². The summed E-state index contributed by atoms with van der Waals surface area (Å²) in [6.45, 7) is 5.47. The molecule has 0 amide bonds. The number of rotatable bonds is 14. The molecule has 1 saturated heterocycles. The van der Waals surface area contributed by atoms with E-state index in [-0.39, 0.29) is 25.5 Å². The zero-order valence-corrected chi connectivity index (χ0v) is 22.5. The summed E-state index contributed by atoms with van der Waals surface area (Å²) < 4.78 is 34.7. The molecule has 38 heavy (non-hydrogen) atoms. The Kier molecular flexibility index (Phi) is 9.51. The maximum Gasteiger partial charge on any atom is 0.345 e. The number of benzene rings is 1. The van der Waals surface area contributed by atoms with Gasteiger partial charge in [0, 0.05) is 13.1 Å². The predicted molar refractivity (Wildman–Crippen MR) is 141 cm³/mol. The number of nitrogens with zero attached hydrogens (tertiary/aromatic N) is 5. The molecule has 14 heteroatoms. The van der Waals surface area contributed by atoms with E-state index in [2.05, 4.69) is 20.4 Å². The van der Waals surface area contributed by atoms with Crippen molar-refractivity contribution in [2.75, 3.05) is 43.9 Å². The van der Waals surface area contributed by atoms with Gasteiger partial charge in [0.25, 0.3) is 0 Å². The molecule has 3 N–H and O–H groups in total.